The first-order chi connectivity index (χ1) is 9.52. The lowest BCUT2D eigenvalue weighted by molar-refractivity contribution is 0.807. The maximum atomic E-state index is 4.71. The molecule has 2 heterocycles. The molecule has 0 unspecified atom stereocenters. The molecule has 0 atom stereocenters. The van der Waals surface area contributed by atoms with Crippen molar-refractivity contribution in [2.45, 2.75) is 40.0 Å². The van der Waals surface area contributed by atoms with Crippen LogP contribution in [0.4, 0.5) is 5.82 Å². The third kappa shape index (κ3) is 3.46. The van der Waals surface area contributed by atoms with Crippen molar-refractivity contribution in [2.24, 2.45) is 0 Å². The summed E-state index contributed by atoms with van der Waals surface area (Å²) in [5.74, 6) is 2.02. The Balaban J connectivity index is 2.49. The normalized spacial score (nSPS) is 11.1. The van der Waals surface area contributed by atoms with E-state index < -0.39 is 0 Å². The van der Waals surface area contributed by atoms with Crippen LogP contribution in [-0.4, -0.2) is 21.5 Å². The molecule has 0 aromatic carbocycles. The molecule has 0 aliphatic heterocycles. The molecular weight excluding hydrogens is 383 g/mol. The number of anilines is 1. The molecular formula is C14H19IN4S. The van der Waals surface area contributed by atoms with Gasteiger partial charge >= 0.3 is 0 Å². The lowest BCUT2D eigenvalue weighted by atomic mass is 10.1. The lowest BCUT2D eigenvalue weighted by Gasteiger charge is -2.14. The Hall–Kier alpha value is -0.760. The zero-order chi connectivity index (χ0) is 14.7. The number of rotatable bonds is 5. The fraction of sp³-hybridized carbons (Fsp3) is 0.500. The van der Waals surface area contributed by atoms with Crippen molar-refractivity contribution in [1.29, 1.82) is 0 Å². The van der Waals surface area contributed by atoms with E-state index in [-0.39, 0.29) is 0 Å². The van der Waals surface area contributed by atoms with Gasteiger partial charge in [0.1, 0.15) is 5.82 Å². The Morgan fingerprint density at radius 1 is 1.30 bits per heavy atom. The molecule has 2 aromatic rings. The average molecular weight is 402 g/mol. The van der Waals surface area contributed by atoms with Crippen LogP contribution in [0.1, 0.15) is 44.5 Å². The molecule has 2 rings (SSSR count). The van der Waals surface area contributed by atoms with Crippen molar-refractivity contribution in [3.05, 3.63) is 20.3 Å². The summed E-state index contributed by atoms with van der Waals surface area (Å²) in [6.45, 7) is 9.37. The molecule has 0 saturated carbocycles. The van der Waals surface area contributed by atoms with Crippen molar-refractivity contribution in [3.8, 4) is 10.8 Å². The number of halogens is 1. The highest BCUT2D eigenvalue weighted by Gasteiger charge is 2.17. The minimum atomic E-state index is 0.367. The minimum absolute atomic E-state index is 0.367. The van der Waals surface area contributed by atoms with Gasteiger partial charge < -0.3 is 5.32 Å². The first-order valence-corrected chi connectivity index (χ1v) is 8.72. The molecule has 0 radical (unpaired) electrons. The molecule has 108 valence electrons. The van der Waals surface area contributed by atoms with Gasteiger partial charge in [0.15, 0.2) is 10.8 Å². The second kappa shape index (κ2) is 6.80. The first-order valence-electron chi connectivity index (χ1n) is 6.76. The maximum absolute atomic E-state index is 4.71. The van der Waals surface area contributed by atoms with E-state index >= 15 is 0 Å². The van der Waals surface area contributed by atoms with Crippen LogP contribution < -0.4 is 5.32 Å². The van der Waals surface area contributed by atoms with Gasteiger partial charge in [0.2, 0.25) is 0 Å². The topological polar surface area (TPSA) is 50.7 Å². The highest BCUT2D eigenvalue weighted by molar-refractivity contribution is 14.1. The number of nitrogens with zero attached hydrogens (tertiary/aromatic N) is 3. The summed E-state index contributed by atoms with van der Waals surface area (Å²) in [4.78, 5) is 13.9. The van der Waals surface area contributed by atoms with Crippen molar-refractivity contribution in [3.63, 3.8) is 0 Å². The monoisotopic (exact) mass is 402 g/mol. The molecule has 1 N–H and O–H groups in total. The molecule has 0 fully saturated rings. The van der Waals surface area contributed by atoms with Crippen LogP contribution >= 0.6 is 33.9 Å². The van der Waals surface area contributed by atoms with E-state index in [1.165, 1.54) is 0 Å². The van der Waals surface area contributed by atoms with Gasteiger partial charge in [0.25, 0.3) is 0 Å². The van der Waals surface area contributed by atoms with Crippen molar-refractivity contribution < 1.29 is 0 Å². The number of thiazole rings is 1. The summed E-state index contributed by atoms with van der Waals surface area (Å²) >= 11 is 3.93. The summed E-state index contributed by atoms with van der Waals surface area (Å²) in [7, 11) is 0. The molecule has 0 bridgehead atoms. The number of nitrogens with one attached hydrogen (secondary N) is 1. The molecule has 2 aromatic heterocycles. The van der Waals surface area contributed by atoms with Crippen molar-refractivity contribution in [2.75, 3.05) is 11.9 Å². The first kappa shape index (κ1) is 15.6. The Labute approximate surface area is 137 Å². The van der Waals surface area contributed by atoms with Crippen molar-refractivity contribution in [1.82, 2.24) is 15.0 Å². The third-order valence-electron chi connectivity index (χ3n) is 2.78. The second-order valence-corrected chi connectivity index (χ2v) is 6.91. The quantitative estimate of drug-likeness (QED) is 0.751. The minimum Gasteiger partial charge on any atom is -0.369 e. The van der Waals surface area contributed by atoms with E-state index in [1.807, 2.05) is 12.3 Å². The second-order valence-electron chi connectivity index (χ2n) is 4.97. The van der Waals surface area contributed by atoms with Crippen LogP contribution in [0.25, 0.3) is 10.8 Å². The molecule has 0 saturated heterocycles. The number of aryl methyl sites for hydroxylation is 1. The molecule has 0 amide bonds. The van der Waals surface area contributed by atoms with E-state index in [9.17, 15) is 0 Å². The third-order valence-corrected chi connectivity index (χ3v) is 4.80. The largest absolute Gasteiger partial charge is 0.369 e. The standard InChI is InChI=1S/C14H19IN4S/c1-5-6-16-12-10(15)11(8(2)3)18-13(19-12)14-17-9(4)7-20-14/h7-8H,5-6H2,1-4H3,(H,16,18,19). The van der Waals surface area contributed by atoms with Crippen LogP contribution in [0, 0.1) is 10.5 Å². The van der Waals surface area contributed by atoms with Crippen molar-refractivity contribution >= 4 is 39.7 Å². The SMILES string of the molecule is CCCNc1nc(-c2nc(C)cs2)nc(C(C)C)c1I. The zero-order valence-electron chi connectivity index (χ0n) is 12.2. The molecule has 6 heteroatoms. The number of aromatic nitrogens is 3. The summed E-state index contributed by atoms with van der Waals surface area (Å²) in [6, 6.07) is 0. The van der Waals surface area contributed by atoms with Gasteiger partial charge in [-0.1, -0.05) is 20.8 Å². The number of hydrogen-bond donors (Lipinski definition) is 1. The van der Waals surface area contributed by atoms with E-state index in [4.69, 9.17) is 4.98 Å². The lowest BCUT2D eigenvalue weighted by Crippen LogP contribution is -2.10. The van der Waals surface area contributed by atoms with Gasteiger partial charge in [-0.3, -0.25) is 0 Å². The van der Waals surface area contributed by atoms with Gasteiger partial charge in [-0.05, 0) is 41.9 Å². The van der Waals surface area contributed by atoms with E-state index in [0.717, 1.165) is 44.6 Å². The highest BCUT2D eigenvalue weighted by atomic mass is 127. The van der Waals surface area contributed by atoms with E-state index in [0.29, 0.717) is 5.92 Å². The summed E-state index contributed by atoms with van der Waals surface area (Å²) in [5.41, 5.74) is 2.10. The fourth-order valence-corrected chi connectivity index (χ4v) is 3.54. The molecule has 0 aliphatic rings. The highest BCUT2D eigenvalue weighted by Crippen LogP contribution is 2.29. The molecule has 20 heavy (non-hydrogen) atoms. The summed E-state index contributed by atoms with van der Waals surface area (Å²) in [6.07, 6.45) is 1.07. The summed E-state index contributed by atoms with van der Waals surface area (Å²) in [5, 5.41) is 6.31. The predicted molar refractivity (Wildman–Crippen MR) is 93.5 cm³/mol. The molecule has 4 nitrogen and oxygen atoms in total. The molecule has 0 aliphatic carbocycles. The Kier molecular flexibility index (Phi) is 5.31. The van der Waals surface area contributed by atoms with Gasteiger partial charge in [0, 0.05) is 17.6 Å². The van der Waals surface area contributed by atoms with E-state index in [2.05, 4.69) is 58.6 Å². The van der Waals surface area contributed by atoms with Crippen LogP contribution in [-0.2, 0) is 0 Å². The zero-order valence-corrected chi connectivity index (χ0v) is 15.2. The Morgan fingerprint density at radius 3 is 2.60 bits per heavy atom. The van der Waals surface area contributed by atoms with Gasteiger partial charge in [-0.25, -0.2) is 15.0 Å². The van der Waals surface area contributed by atoms with Gasteiger partial charge in [0.05, 0.1) is 9.26 Å². The molecule has 0 spiro atoms. The Morgan fingerprint density at radius 2 is 2.05 bits per heavy atom. The summed E-state index contributed by atoms with van der Waals surface area (Å²) < 4.78 is 1.11. The van der Waals surface area contributed by atoms with E-state index in [1.54, 1.807) is 11.3 Å². The number of hydrogen-bond acceptors (Lipinski definition) is 5. The van der Waals surface area contributed by atoms with Crippen LogP contribution in [0.2, 0.25) is 0 Å². The Bertz CT molecular complexity index is 595. The van der Waals surface area contributed by atoms with Crippen LogP contribution in [0.3, 0.4) is 0 Å². The fourth-order valence-electron chi connectivity index (χ4n) is 1.76. The van der Waals surface area contributed by atoms with Gasteiger partial charge in [-0.15, -0.1) is 11.3 Å². The smallest absolute Gasteiger partial charge is 0.191 e. The predicted octanol–water partition coefficient (Wildman–Crippen LogP) is 4.46. The van der Waals surface area contributed by atoms with Crippen LogP contribution in [0.5, 0.6) is 0 Å². The maximum Gasteiger partial charge on any atom is 0.191 e. The average Bonchev–Trinajstić information content (AvgIpc) is 2.84. The van der Waals surface area contributed by atoms with Crippen LogP contribution in [0.15, 0.2) is 5.38 Å². The van der Waals surface area contributed by atoms with Gasteiger partial charge in [-0.2, -0.15) is 0 Å².